The summed E-state index contributed by atoms with van der Waals surface area (Å²) in [5.74, 6) is -1.10. The molecule has 1 aromatic carbocycles. The van der Waals surface area contributed by atoms with Crippen molar-refractivity contribution in [3.8, 4) is 0 Å². The molecule has 1 aromatic heterocycles. The molecule has 1 saturated heterocycles. The van der Waals surface area contributed by atoms with Gasteiger partial charge in [0.05, 0.1) is 22.7 Å². The molecule has 26 heavy (non-hydrogen) atoms. The van der Waals surface area contributed by atoms with Crippen LogP contribution >= 0.6 is 0 Å². The molecule has 10 heteroatoms. The van der Waals surface area contributed by atoms with Gasteiger partial charge in [0.25, 0.3) is 6.43 Å². The van der Waals surface area contributed by atoms with Crippen LogP contribution in [-0.2, 0) is 10.0 Å². The Morgan fingerprint density at radius 1 is 1.27 bits per heavy atom. The van der Waals surface area contributed by atoms with E-state index in [2.05, 4.69) is 5.10 Å². The smallest absolute Gasteiger partial charge is 0.338 e. The number of rotatable bonds is 5. The van der Waals surface area contributed by atoms with Gasteiger partial charge >= 0.3 is 5.97 Å². The number of alkyl halides is 2. The first-order valence-corrected chi connectivity index (χ1v) is 9.39. The summed E-state index contributed by atoms with van der Waals surface area (Å²) in [4.78, 5) is 10.9. The van der Waals surface area contributed by atoms with Gasteiger partial charge in [-0.2, -0.15) is 9.40 Å². The van der Waals surface area contributed by atoms with Gasteiger partial charge in [-0.25, -0.2) is 22.0 Å². The molecule has 0 amide bonds. The summed E-state index contributed by atoms with van der Waals surface area (Å²) in [6.45, 7) is 0.447. The summed E-state index contributed by atoms with van der Waals surface area (Å²) in [5.41, 5.74) is -0.203. The van der Waals surface area contributed by atoms with E-state index in [1.165, 1.54) is 33.5 Å². The molecular weight excluding hydrogens is 368 g/mol. The fourth-order valence-corrected chi connectivity index (χ4v) is 4.45. The van der Waals surface area contributed by atoms with Crippen molar-refractivity contribution in [3.63, 3.8) is 0 Å². The van der Waals surface area contributed by atoms with Gasteiger partial charge in [-0.15, -0.1) is 0 Å². The Hall–Kier alpha value is -2.33. The Bertz CT molecular complexity index is 896. The van der Waals surface area contributed by atoms with E-state index in [0.717, 1.165) is 12.1 Å². The average molecular weight is 385 g/mol. The van der Waals surface area contributed by atoms with Crippen molar-refractivity contribution in [2.24, 2.45) is 0 Å². The summed E-state index contributed by atoms with van der Waals surface area (Å²) in [5, 5.41) is 13.0. The predicted molar refractivity (Wildman–Crippen MR) is 87.6 cm³/mol. The highest BCUT2D eigenvalue weighted by Gasteiger charge is 2.31. The molecule has 1 fully saturated rings. The van der Waals surface area contributed by atoms with Crippen LogP contribution in [0.15, 0.2) is 41.6 Å². The summed E-state index contributed by atoms with van der Waals surface area (Å²) < 4.78 is 53.6. The van der Waals surface area contributed by atoms with Crippen molar-refractivity contribution in [2.75, 3.05) is 13.1 Å². The van der Waals surface area contributed by atoms with Crippen molar-refractivity contribution in [1.29, 1.82) is 0 Å². The number of piperidine rings is 1. The predicted octanol–water partition coefficient (Wildman–Crippen LogP) is 2.54. The van der Waals surface area contributed by atoms with Gasteiger partial charge in [0.1, 0.15) is 0 Å². The highest BCUT2D eigenvalue weighted by Crippen LogP contribution is 2.27. The highest BCUT2D eigenvalue weighted by atomic mass is 32.2. The number of aromatic carboxylic acids is 1. The summed E-state index contributed by atoms with van der Waals surface area (Å²) in [6, 6.07) is 4.28. The fraction of sp³-hybridized carbons (Fsp3) is 0.375. The SMILES string of the molecule is O=C(O)c1cnn(C2CCCN(S(=O)(=O)c3ccc(C(F)F)cc3)C2)c1. The van der Waals surface area contributed by atoms with Crippen molar-refractivity contribution in [2.45, 2.75) is 30.2 Å². The lowest BCUT2D eigenvalue weighted by Crippen LogP contribution is -2.40. The maximum atomic E-state index is 12.8. The molecule has 3 rings (SSSR count). The molecule has 2 heterocycles. The Kier molecular flexibility index (Phi) is 5.05. The second-order valence-corrected chi connectivity index (χ2v) is 7.98. The van der Waals surface area contributed by atoms with Gasteiger partial charge in [0.15, 0.2) is 0 Å². The lowest BCUT2D eigenvalue weighted by molar-refractivity contribution is 0.0696. The quantitative estimate of drug-likeness (QED) is 0.854. The molecule has 0 spiro atoms. The van der Waals surface area contributed by atoms with Gasteiger partial charge in [0.2, 0.25) is 10.0 Å². The topological polar surface area (TPSA) is 92.5 Å². The van der Waals surface area contributed by atoms with Gasteiger partial charge in [-0.3, -0.25) is 4.68 Å². The first-order valence-electron chi connectivity index (χ1n) is 7.95. The Morgan fingerprint density at radius 3 is 2.54 bits per heavy atom. The van der Waals surface area contributed by atoms with Crippen LogP contribution in [0.4, 0.5) is 8.78 Å². The Morgan fingerprint density at radius 2 is 1.96 bits per heavy atom. The molecule has 0 radical (unpaired) electrons. The lowest BCUT2D eigenvalue weighted by Gasteiger charge is -2.32. The number of aromatic nitrogens is 2. The standard InChI is InChI=1S/C16H17F2N3O4S/c17-15(18)11-3-5-14(6-4-11)26(24,25)20-7-1-2-13(10-20)21-9-12(8-19-21)16(22)23/h3-6,8-9,13,15H,1-2,7,10H2,(H,22,23). The number of hydrogen-bond acceptors (Lipinski definition) is 4. The van der Waals surface area contributed by atoms with E-state index < -0.39 is 22.4 Å². The van der Waals surface area contributed by atoms with Gasteiger partial charge < -0.3 is 5.11 Å². The zero-order valence-electron chi connectivity index (χ0n) is 13.6. The largest absolute Gasteiger partial charge is 0.478 e. The molecule has 0 aliphatic carbocycles. The minimum atomic E-state index is -3.82. The van der Waals surface area contributed by atoms with Crippen LogP contribution in [0.3, 0.4) is 0 Å². The second kappa shape index (κ2) is 7.12. The average Bonchev–Trinajstić information content (AvgIpc) is 3.12. The number of carboxylic acid groups (broad SMARTS) is 1. The normalized spacial score (nSPS) is 19.0. The zero-order chi connectivity index (χ0) is 18.9. The number of carboxylic acids is 1. The zero-order valence-corrected chi connectivity index (χ0v) is 14.4. The van der Waals surface area contributed by atoms with Crippen molar-refractivity contribution in [1.82, 2.24) is 14.1 Å². The molecule has 0 bridgehead atoms. The molecule has 1 unspecified atom stereocenters. The monoisotopic (exact) mass is 385 g/mol. The molecule has 1 atom stereocenters. The molecule has 1 N–H and O–H groups in total. The van der Waals surface area contributed by atoms with E-state index in [1.54, 1.807) is 0 Å². The molecule has 140 valence electrons. The molecule has 1 aliphatic rings. The van der Waals surface area contributed by atoms with Crippen LogP contribution in [0.1, 0.15) is 41.2 Å². The maximum absolute atomic E-state index is 12.8. The van der Waals surface area contributed by atoms with E-state index in [9.17, 15) is 22.0 Å². The number of hydrogen-bond donors (Lipinski definition) is 1. The molecule has 7 nitrogen and oxygen atoms in total. The minimum Gasteiger partial charge on any atom is -0.478 e. The van der Waals surface area contributed by atoms with E-state index in [-0.39, 0.29) is 28.6 Å². The second-order valence-electron chi connectivity index (χ2n) is 6.04. The van der Waals surface area contributed by atoms with Crippen LogP contribution in [0.25, 0.3) is 0 Å². The number of halogens is 2. The molecular formula is C16H17F2N3O4S. The van der Waals surface area contributed by atoms with Crippen LogP contribution in [-0.4, -0.2) is 46.7 Å². The third-order valence-electron chi connectivity index (χ3n) is 4.35. The maximum Gasteiger partial charge on any atom is 0.338 e. The van der Waals surface area contributed by atoms with E-state index in [4.69, 9.17) is 5.11 Å². The first kappa shape index (κ1) is 18.5. The van der Waals surface area contributed by atoms with Gasteiger partial charge in [0, 0.05) is 24.8 Å². The van der Waals surface area contributed by atoms with Crippen LogP contribution < -0.4 is 0 Å². The van der Waals surface area contributed by atoms with Crippen LogP contribution in [0, 0.1) is 0 Å². The number of benzene rings is 1. The number of carbonyl (C=O) groups is 1. The Labute approximate surface area is 148 Å². The molecule has 2 aromatic rings. The van der Waals surface area contributed by atoms with E-state index >= 15 is 0 Å². The van der Waals surface area contributed by atoms with E-state index in [0.29, 0.717) is 19.4 Å². The van der Waals surface area contributed by atoms with Gasteiger partial charge in [-0.1, -0.05) is 12.1 Å². The van der Waals surface area contributed by atoms with Crippen molar-refractivity contribution in [3.05, 3.63) is 47.8 Å². The number of sulfonamides is 1. The summed E-state index contributed by atoms with van der Waals surface area (Å²) in [7, 11) is -3.82. The summed E-state index contributed by atoms with van der Waals surface area (Å²) >= 11 is 0. The minimum absolute atomic E-state index is 0.0348. The van der Waals surface area contributed by atoms with Crippen molar-refractivity contribution < 1.29 is 27.1 Å². The van der Waals surface area contributed by atoms with E-state index in [1.807, 2.05) is 0 Å². The molecule has 1 aliphatic heterocycles. The highest BCUT2D eigenvalue weighted by molar-refractivity contribution is 7.89. The molecule has 0 saturated carbocycles. The van der Waals surface area contributed by atoms with Gasteiger partial charge in [-0.05, 0) is 25.0 Å². The Balaban J connectivity index is 1.80. The number of nitrogens with zero attached hydrogens (tertiary/aromatic N) is 3. The van der Waals surface area contributed by atoms with Crippen LogP contribution in [0.2, 0.25) is 0 Å². The third kappa shape index (κ3) is 3.61. The fourth-order valence-electron chi connectivity index (χ4n) is 2.94. The van der Waals surface area contributed by atoms with Crippen molar-refractivity contribution >= 4 is 16.0 Å². The third-order valence-corrected chi connectivity index (χ3v) is 6.23. The lowest BCUT2D eigenvalue weighted by atomic mass is 10.1. The van der Waals surface area contributed by atoms with Crippen LogP contribution in [0.5, 0.6) is 0 Å². The summed E-state index contributed by atoms with van der Waals surface area (Å²) in [6.07, 6.45) is 1.19. The first-order chi connectivity index (χ1) is 12.3.